The summed E-state index contributed by atoms with van der Waals surface area (Å²) in [6, 6.07) is 5.89. The van der Waals surface area contributed by atoms with Gasteiger partial charge < -0.3 is 49.3 Å². The van der Waals surface area contributed by atoms with E-state index in [1.807, 2.05) is 151 Å². The van der Waals surface area contributed by atoms with Crippen LogP contribution in [0.5, 0.6) is 0 Å². The molecule has 0 radical (unpaired) electrons. The molecule has 7 rings (SSSR count). The van der Waals surface area contributed by atoms with Crippen molar-refractivity contribution in [3.63, 3.8) is 0 Å². The number of anilines is 4. The van der Waals surface area contributed by atoms with Crippen molar-refractivity contribution in [3.05, 3.63) is 83.6 Å². The number of aliphatic carboxylic acids is 1. The summed E-state index contributed by atoms with van der Waals surface area (Å²) < 4.78 is 30.3. The lowest BCUT2D eigenvalue weighted by atomic mass is 9.82. The Balaban J connectivity index is 0.000000412. The third kappa shape index (κ3) is 37.2. The van der Waals surface area contributed by atoms with Gasteiger partial charge in [0, 0.05) is 43.4 Å². The summed E-state index contributed by atoms with van der Waals surface area (Å²) in [6.45, 7) is 48.7. The van der Waals surface area contributed by atoms with Crippen molar-refractivity contribution in [1.29, 1.82) is 0 Å². The number of rotatable bonds is 23. The minimum atomic E-state index is -1.19. The van der Waals surface area contributed by atoms with Crippen LogP contribution in [-0.4, -0.2) is 141 Å². The molecule has 5 aromatic heterocycles. The number of aromatic carboxylic acids is 1. The van der Waals surface area contributed by atoms with E-state index in [1.165, 1.54) is 92.7 Å². The van der Waals surface area contributed by atoms with E-state index in [0.717, 1.165) is 69.0 Å². The largest absolute Gasteiger partial charge is 0.480 e. The van der Waals surface area contributed by atoms with Crippen LogP contribution in [0.1, 0.15) is 323 Å². The summed E-state index contributed by atoms with van der Waals surface area (Å²) in [5.74, 6) is 26.4. The fraction of sp³-hybridized carbons (Fsp3) is 0.577. The number of nitrogens with one attached hydrogen (secondary N) is 2. The Morgan fingerprint density at radius 3 is 1.01 bits per heavy atom. The second kappa shape index (κ2) is 49.9. The van der Waals surface area contributed by atoms with Gasteiger partial charge in [0.15, 0.2) is 5.78 Å². The third-order valence-electron chi connectivity index (χ3n) is 18.6. The fourth-order valence-electron chi connectivity index (χ4n) is 12.1. The third-order valence-corrected chi connectivity index (χ3v) is 24.6. The van der Waals surface area contributed by atoms with E-state index in [4.69, 9.17) is 23.7 Å². The van der Waals surface area contributed by atoms with Gasteiger partial charge in [-0.05, 0) is 267 Å². The van der Waals surface area contributed by atoms with Crippen LogP contribution in [0.4, 0.5) is 22.7 Å². The lowest BCUT2D eigenvalue weighted by Gasteiger charge is -2.35. The Bertz CT molecular complexity index is 4960. The Labute approximate surface area is 776 Å². The highest BCUT2D eigenvalue weighted by Crippen LogP contribution is 2.41. The number of Topliss-reactive ketones (excluding diaryl/α,β-unsaturated/α-hetero) is 1. The first-order valence-electron chi connectivity index (χ1n) is 42.1. The molecule has 5 heterocycles. The van der Waals surface area contributed by atoms with E-state index >= 15 is 0 Å². The van der Waals surface area contributed by atoms with Gasteiger partial charge in [0.1, 0.15) is 48.1 Å². The molecule has 29 heteroatoms. The normalized spacial score (nSPS) is 15.7. The number of carboxylic acids is 2. The van der Waals surface area contributed by atoms with E-state index in [9.17, 15) is 63.0 Å². The molecule has 2 saturated carbocycles. The predicted molar refractivity (Wildman–Crippen MR) is 510 cm³/mol. The maximum absolute atomic E-state index is 13.7. The summed E-state index contributed by atoms with van der Waals surface area (Å²) in [7, 11) is 6.68. The second-order valence-corrected chi connectivity index (χ2v) is 42.9. The van der Waals surface area contributed by atoms with E-state index in [1.54, 1.807) is 36.1 Å². The van der Waals surface area contributed by atoms with Crippen LogP contribution in [-0.2, 0) is 57.2 Å². The van der Waals surface area contributed by atoms with Gasteiger partial charge in [-0.3, -0.25) is 24.2 Å². The molecule has 0 bridgehead atoms. The van der Waals surface area contributed by atoms with Crippen LogP contribution in [0, 0.1) is 110 Å². The quantitative estimate of drug-likeness (QED) is 0.0268. The minimum absolute atomic E-state index is 0.0398. The van der Waals surface area contributed by atoms with E-state index in [0.29, 0.717) is 90.3 Å². The molecule has 2 amide bonds. The van der Waals surface area contributed by atoms with E-state index < -0.39 is 59.6 Å². The molecular formula is C97H131BrN4O19S5. The molecule has 0 saturated heterocycles. The molecule has 23 nitrogen and oxygen atoms in total. The summed E-state index contributed by atoms with van der Waals surface area (Å²) in [6.07, 6.45) is 8.52. The first-order chi connectivity index (χ1) is 58.3. The van der Waals surface area contributed by atoms with Crippen molar-refractivity contribution < 1.29 is 91.4 Å². The molecule has 0 unspecified atom stereocenters. The zero-order valence-corrected chi connectivity index (χ0v) is 84.8. The van der Waals surface area contributed by atoms with Gasteiger partial charge in [-0.2, -0.15) is 0 Å². The van der Waals surface area contributed by atoms with Gasteiger partial charge in [0.25, 0.3) is 0 Å². The summed E-state index contributed by atoms with van der Waals surface area (Å²) in [5, 5.41) is 25.7. The Morgan fingerprint density at radius 2 is 0.706 bits per heavy atom. The molecule has 2 aliphatic rings. The number of ether oxygens (including phenoxy) is 6. The SMILES string of the molecule is CC[C@@H](C(=O)O)N(C(=O)C1CCC(C)CC1)c1cc(C#CC(C)(C)C)sc1C(=O)O.CC[C@@H](C(C)=O)N(C(=O)C1CCC(C)CC1)c1cc(C#CC(C)(C)C)sc1C(=O)OC.CC[C@H](Nc1cc(C#CC(C)(C)C)sc1C(=O)OC)C(=O)OC.CC[C@H](Nc1cc(C#CC(C)(C)C)sc1C(=O)OC)C(=O)OC(C)(C)C.COC(=O)c1sc(C#CC(C)(C)C)cc1Br. The summed E-state index contributed by atoms with van der Waals surface area (Å²) in [5.41, 5.74) is 0.299. The number of hydrogen-bond donors (Lipinski definition) is 4. The Kier molecular flexibility index (Phi) is 43.9. The van der Waals surface area contributed by atoms with Crippen LogP contribution < -0.4 is 20.4 Å². The van der Waals surface area contributed by atoms with Gasteiger partial charge in [0.2, 0.25) is 11.8 Å². The highest BCUT2D eigenvalue weighted by Gasteiger charge is 2.41. The first-order valence-corrected chi connectivity index (χ1v) is 47.0. The van der Waals surface area contributed by atoms with Crippen LogP contribution in [0.25, 0.3) is 0 Å². The maximum Gasteiger partial charge on any atom is 0.350 e. The Hall–Kier alpha value is -9.25. The van der Waals surface area contributed by atoms with Gasteiger partial charge in [-0.1, -0.05) is 101 Å². The smallest absolute Gasteiger partial charge is 0.350 e. The average molecular weight is 1900 g/mol. The monoisotopic (exact) mass is 1890 g/mol. The van der Waals surface area contributed by atoms with Crippen LogP contribution in [0.3, 0.4) is 0 Å². The second-order valence-electron chi connectivity index (χ2n) is 36.8. The molecule has 0 spiro atoms. The predicted octanol–water partition coefficient (Wildman–Crippen LogP) is 21.8. The van der Waals surface area contributed by atoms with Crippen LogP contribution in [0.15, 0.2) is 34.8 Å². The van der Waals surface area contributed by atoms with Crippen LogP contribution in [0.2, 0.25) is 0 Å². The molecule has 4 N–H and O–H groups in total. The summed E-state index contributed by atoms with van der Waals surface area (Å²) in [4.78, 5) is 144. The molecule has 126 heavy (non-hydrogen) atoms. The number of thiophene rings is 5. The fourth-order valence-corrected chi connectivity index (χ4v) is 17.3. The molecule has 0 aromatic carbocycles. The molecule has 2 aliphatic carbocycles. The summed E-state index contributed by atoms with van der Waals surface area (Å²) >= 11 is 9.34. The number of carbonyl (C=O) groups is 11. The first kappa shape index (κ1) is 111. The molecule has 5 aromatic rings. The number of ketones is 1. The average Bonchev–Trinajstić information content (AvgIpc) is 1.61. The number of carboxylic acid groups (broad SMARTS) is 2. The van der Waals surface area contributed by atoms with E-state index in [-0.39, 0.29) is 91.4 Å². The lowest BCUT2D eigenvalue weighted by molar-refractivity contribution is -0.156. The van der Waals surface area contributed by atoms with Crippen molar-refractivity contribution in [2.45, 2.75) is 280 Å². The van der Waals surface area contributed by atoms with Crippen LogP contribution >= 0.6 is 72.6 Å². The maximum atomic E-state index is 13.7. The van der Waals surface area contributed by atoms with Crippen molar-refractivity contribution in [2.75, 3.05) is 56.0 Å². The van der Waals surface area contributed by atoms with Gasteiger partial charge in [-0.15, -0.1) is 56.7 Å². The highest BCUT2D eigenvalue weighted by atomic mass is 79.9. The minimum Gasteiger partial charge on any atom is -0.480 e. The lowest BCUT2D eigenvalue weighted by Crippen LogP contribution is -2.48. The van der Waals surface area contributed by atoms with Crippen molar-refractivity contribution in [1.82, 2.24) is 0 Å². The number of esters is 6. The van der Waals surface area contributed by atoms with Gasteiger partial charge in [0.05, 0.1) is 88.7 Å². The zero-order valence-electron chi connectivity index (χ0n) is 79.1. The molecule has 0 aliphatic heterocycles. The number of nitrogens with zero attached hydrogens (tertiary/aromatic N) is 2. The number of amides is 2. The number of carbonyl (C=O) groups excluding carboxylic acids is 9. The van der Waals surface area contributed by atoms with Crippen molar-refractivity contribution in [2.24, 2.45) is 50.7 Å². The zero-order chi connectivity index (χ0) is 96.1. The molecule has 2 fully saturated rings. The van der Waals surface area contributed by atoms with Crippen molar-refractivity contribution >= 4 is 161 Å². The highest BCUT2D eigenvalue weighted by molar-refractivity contribution is 9.10. The van der Waals surface area contributed by atoms with E-state index in [2.05, 4.69) is 104 Å². The molecule has 690 valence electrons. The van der Waals surface area contributed by atoms with Gasteiger partial charge in [-0.25, -0.2) is 38.4 Å². The Morgan fingerprint density at radius 1 is 0.413 bits per heavy atom. The molecule has 4 atom stereocenters. The number of hydrogen-bond acceptors (Lipinski definition) is 24. The van der Waals surface area contributed by atoms with Gasteiger partial charge >= 0.3 is 47.8 Å². The van der Waals surface area contributed by atoms with Crippen molar-refractivity contribution in [3.8, 4) is 59.2 Å². The number of methoxy groups -OCH3 is 5. The standard InChI is InChI=1S/C25H35NO4S.C23H31NO5S.C20H29NO4S.C17H23NO4S.C12H13BrO2S/c1-8-20(17(3)27)26(23(28)18-11-9-16(2)10-12-18)21-15-19(13-14-25(4,5)6)31-22(21)24(29)30-7;1-6-17(21(26)27)24(20(25)15-9-7-14(2)8-10-15)18-13-16(11-12-23(3,4)5)30-19(18)22(28)29;1-9-14(17(22)25-20(5,6)7)21-15-12-13(10-11-19(2,3)4)26-16(15)18(23)24-8;1-7-12(15(19)21-5)18-13-10-11(8-9-17(2,3)4)23-14(13)16(20)22-6;1-12(2,3)6-5-8-7-9(13)10(16-8)11(14)15-4/h15-16,18,20H,8-12H2,1-7H3;13-15,17H,6-10H2,1-5H3,(H,26,27)(H,28,29);12,14,21H,9H2,1-8H3;10,12,18H,7H2,1-6H3;7H,1-4H3/t16?,18?,20-;14?,15?,17-;14-;12-;/m0000./s1. The number of halogens is 1. The molecular weight excluding hydrogens is 1770 g/mol. The topological polar surface area (TPSA) is 314 Å².